The van der Waals surface area contributed by atoms with Crippen molar-refractivity contribution in [2.75, 3.05) is 31.1 Å². The zero-order valence-corrected chi connectivity index (χ0v) is 25.3. The third-order valence-corrected chi connectivity index (χ3v) is 8.23. The fraction of sp³-hybridized carbons (Fsp3) is 0.382. The Labute approximate surface area is 254 Å². The molecule has 1 atom stereocenters. The summed E-state index contributed by atoms with van der Waals surface area (Å²) in [5.74, 6) is 5.34. The summed E-state index contributed by atoms with van der Waals surface area (Å²) in [6.45, 7) is 9.27. The van der Waals surface area contributed by atoms with Crippen molar-refractivity contribution >= 4 is 17.5 Å². The van der Waals surface area contributed by atoms with E-state index >= 15 is 0 Å². The monoisotopic (exact) mass is 582 g/mol. The Kier molecular flexibility index (Phi) is 11.1. The van der Waals surface area contributed by atoms with Crippen LogP contribution in [0.25, 0.3) is 0 Å². The molecule has 4 N–H and O–H groups in total. The summed E-state index contributed by atoms with van der Waals surface area (Å²) in [6.07, 6.45) is 2.87. The van der Waals surface area contributed by atoms with Crippen LogP contribution in [-0.2, 0) is 11.3 Å². The molecule has 0 aliphatic carbocycles. The van der Waals surface area contributed by atoms with Gasteiger partial charge in [-0.25, -0.2) is 5.84 Å². The van der Waals surface area contributed by atoms with Gasteiger partial charge in [-0.05, 0) is 93.1 Å². The van der Waals surface area contributed by atoms with Crippen molar-refractivity contribution in [1.82, 2.24) is 15.6 Å². The summed E-state index contributed by atoms with van der Waals surface area (Å²) in [6, 6.07) is 24.3. The molecule has 3 aromatic carbocycles. The Morgan fingerprint density at radius 1 is 1.07 bits per heavy atom. The Bertz CT molecular complexity index is 1410. The molecular weight excluding hydrogens is 540 g/mol. The number of amides is 2. The van der Waals surface area contributed by atoms with Crippen LogP contribution in [0.15, 0.2) is 66.7 Å². The summed E-state index contributed by atoms with van der Waals surface area (Å²) < 4.78 is 5.53. The first-order valence-corrected chi connectivity index (χ1v) is 14.9. The molecule has 1 saturated heterocycles. The van der Waals surface area contributed by atoms with Gasteiger partial charge in [0.2, 0.25) is 0 Å². The van der Waals surface area contributed by atoms with Crippen LogP contribution in [-0.4, -0.2) is 55.0 Å². The van der Waals surface area contributed by atoms with E-state index in [0.29, 0.717) is 36.5 Å². The maximum absolute atomic E-state index is 12.8. The molecule has 2 amide bonds. The van der Waals surface area contributed by atoms with E-state index in [1.165, 1.54) is 0 Å². The number of hydrogen-bond acceptors (Lipinski definition) is 7. The molecule has 1 heterocycles. The van der Waals surface area contributed by atoms with Crippen molar-refractivity contribution in [3.05, 3.63) is 94.5 Å². The highest BCUT2D eigenvalue weighted by Crippen LogP contribution is 2.29. The number of rotatable bonds is 12. The Morgan fingerprint density at radius 2 is 1.74 bits per heavy atom. The van der Waals surface area contributed by atoms with Gasteiger partial charge in [-0.3, -0.25) is 15.0 Å². The first-order valence-electron chi connectivity index (χ1n) is 14.9. The Balaban J connectivity index is 1.37. The predicted octanol–water partition coefficient (Wildman–Crippen LogP) is 4.22. The number of carbonyl (C=O) groups is 2. The molecule has 0 bridgehead atoms. The van der Waals surface area contributed by atoms with E-state index in [9.17, 15) is 14.9 Å². The molecule has 1 fully saturated rings. The third kappa shape index (κ3) is 8.57. The topological polar surface area (TPSA) is 124 Å². The fourth-order valence-corrected chi connectivity index (χ4v) is 5.77. The van der Waals surface area contributed by atoms with Crippen molar-refractivity contribution in [1.29, 1.82) is 5.26 Å². The van der Waals surface area contributed by atoms with Gasteiger partial charge in [-0.1, -0.05) is 30.3 Å². The number of nitrogens with zero attached hydrogens (tertiary/aromatic N) is 3. The second-order valence-electron chi connectivity index (χ2n) is 11.2. The summed E-state index contributed by atoms with van der Waals surface area (Å²) in [5.41, 5.74) is 7.61. The zero-order valence-electron chi connectivity index (χ0n) is 25.3. The van der Waals surface area contributed by atoms with Crippen LogP contribution in [0.3, 0.4) is 0 Å². The predicted molar refractivity (Wildman–Crippen MR) is 169 cm³/mol. The SMILES string of the molecule is Cc1cccc(C)c1C(=O)NCCC(C)N1CCC(N(Cc2cccc(C#N)c2)c2ccc(OCC(=O)NN)cc2)CC1. The molecule has 0 radical (unpaired) electrons. The van der Waals surface area contributed by atoms with Crippen molar-refractivity contribution < 1.29 is 14.3 Å². The lowest BCUT2D eigenvalue weighted by Crippen LogP contribution is -2.48. The molecule has 0 aromatic heterocycles. The van der Waals surface area contributed by atoms with Crippen molar-refractivity contribution in [2.24, 2.45) is 5.84 Å². The van der Waals surface area contributed by atoms with Gasteiger partial charge in [0.05, 0.1) is 11.6 Å². The standard InChI is InChI=1S/C34H42N6O3/c1-24-6-4-7-25(2)33(24)34(42)37-17-14-26(3)39-18-15-30(16-19-39)40(22-28-9-5-8-27(20-28)21-35)29-10-12-31(13-11-29)43-23-32(41)38-36/h4-13,20,26,30H,14-19,22-23,36H2,1-3H3,(H,37,42)(H,38,41). The lowest BCUT2D eigenvalue weighted by molar-refractivity contribution is -0.123. The molecule has 1 aliphatic rings. The highest BCUT2D eigenvalue weighted by Gasteiger charge is 2.27. The first-order chi connectivity index (χ1) is 20.8. The molecule has 9 heteroatoms. The highest BCUT2D eigenvalue weighted by atomic mass is 16.5. The maximum Gasteiger partial charge on any atom is 0.271 e. The van der Waals surface area contributed by atoms with Gasteiger partial charge in [0.15, 0.2) is 6.61 Å². The summed E-state index contributed by atoms with van der Waals surface area (Å²) in [5, 5.41) is 12.5. The van der Waals surface area contributed by atoms with Crippen molar-refractivity contribution in [2.45, 2.75) is 58.7 Å². The molecule has 1 unspecified atom stereocenters. The molecule has 4 rings (SSSR count). The molecule has 9 nitrogen and oxygen atoms in total. The van der Waals surface area contributed by atoms with Gasteiger partial charge in [-0.2, -0.15) is 5.26 Å². The van der Waals surface area contributed by atoms with E-state index < -0.39 is 5.91 Å². The number of carbonyl (C=O) groups excluding carboxylic acids is 2. The van der Waals surface area contributed by atoms with E-state index in [1.54, 1.807) is 0 Å². The number of nitrogens with two attached hydrogens (primary N) is 1. The number of ether oxygens (including phenoxy) is 1. The molecular formula is C34H42N6O3. The van der Waals surface area contributed by atoms with Crippen molar-refractivity contribution in [3.63, 3.8) is 0 Å². The van der Waals surface area contributed by atoms with Crippen LogP contribution in [0.5, 0.6) is 5.75 Å². The van der Waals surface area contributed by atoms with Gasteiger partial charge >= 0.3 is 0 Å². The maximum atomic E-state index is 12.8. The first kappa shape index (κ1) is 31.5. The number of nitrogens with one attached hydrogen (secondary N) is 2. The number of benzene rings is 3. The minimum atomic E-state index is -0.396. The number of likely N-dealkylation sites (tertiary alicyclic amines) is 1. The number of aryl methyl sites for hydroxylation is 2. The van der Waals surface area contributed by atoms with Gasteiger partial charge in [0, 0.05) is 49.5 Å². The van der Waals surface area contributed by atoms with E-state index in [2.05, 4.69) is 39.6 Å². The van der Waals surface area contributed by atoms with E-state index in [1.807, 2.05) is 74.5 Å². The summed E-state index contributed by atoms with van der Waals surface area (Å²) >= 11 is 0. The quantitative estimate of drug-likeness (QED) is 0.166. The molecule has 0 spiro atoms. The second kappa shape index (κ2) is 15.2. The van der Waals surface area contributed by atoms with Gasteiger partial charge < -0.3 is 19.9 Å². The number of hydrazine groups is 1. The van der Waals surface area contributed by atoms with E-state index in [0.717, 1.165) is 60.3 Å². The van der Waals surface area contributed by atoms with Crippen LogP contribution in [0, 0.1) is 25.2 Å². The largest absolute Gasteiger partial charge is 0.484 e. The van der Waals surface area contributed by atoms with Crippen molar-refractivity contribution in [3.8, 4) is 11.8 Å². The third-order valence-electron chi connectivity index (χ3n) is 8.23. The fourth-order valence-electron chi connectivity index (χ4n) is 5.77. The van der Waals surface area contributed by atoms with Crippen LogP contribution in [0.1, 0.15) is 58.8 Å². The average molecular weight is 583 g/mol. The second-order valence-corrected chi connectivity index (χ2v) is 11.2. The van der Waals surface area contributed by atoms with Crippen LogP contribution in [0.2, 0.25) is 0 Å². The lowest BCUT2D eigenvalue weighted by atomic mass is 9.99. The summed E-state index contributed by atoms with van der Waals surface area (Å²) in [7, 11) is 0. The Hall–Kier alpha value is -4.39. The van der Waals surface area contributed by atoms with Crippen LogP contribution < -0.4 is 26.2 Å². The molecule has 0 saturated carbocycles. The van der Waals surface area contributed by atoms with E-state index in [-0.39, 0.29) is 12.5 Å². The lowest BCUT2D eigenvalue weighted by Gasteiger charge is -2.42. The summed E-state index contributed by atoms with van der Waals surface area (Å²) in [4.78, 5) is 29.2. The molecule has 3 aromatic rings. The molecule has 1 aliphatic heterocycles. The van der Waals surface area contributed by atoms with Crippen LogP contribution in [0.4, 0.5) is 5.69 Å². The molecule has 226 valence electrons. The highest BCUT2D eigenvalue weighted by molar-refractivity contribution is 5.97. The Morgan fingerprint density at radius 3 is 2.40 bits per heavy atom. The average Bonchev–Trinajstić information content (AvgIpc) is 3.03. The number of nitriles is 1. The minimum Gasteiger partial charge on any atom is -0.484 e. The number of anilines is 1. The van der Waals surface area contributed by atoms with Gasteiger partial charge in [-0.15, -0.1) is 0 Å². The zero-order chi connectivity index (χ0) is 30.8. The van der Waals surface area contributed by atoms with Crippen LogP contribution >= 0.6 is 0 Å². The number of hydrogen-bond donors (Lipinski definition) is 3. The van der Waals surface area contributed by atoms with E-state index in [4.69, 9.17) is 10.6 Å². The smallest absolute Gasteiger partial charge is 0.271 e. The van der Waals surface area contributed by atoms with Gasteiger partial charge in [0.1, 0.15) is 5.75 Å². The molecule has 43 heavy (non-hydrogen) atoms. The number of piperidine rings is 1. The normalized spacial score (nSPS) is 14.4. The minimum absolute atomic E-state index is 0.00307. The van der Waals surface area contributed by atoms with Gasteiger partial charge in [0.25, 0.3) is 11.8 Å².